The highest BCUT2D eigenvalue weighted by atomic mass is 35.5. The maximum Gasteiger partial charge on any atom is 0.0263 e. The molecule has 1 aromatic rings. The highest BCUT2D eigenvalue weighted by molar-refractivity contribution is 6.17. The van der Waals surface area contributed by atoms with E-state index in [1.807, 2.05) is 0 Å². The summed E-state index contributed by atoms with van der Waals surface area (Å²) in [5.41, 5.74) is 2.91. The molecule has 0 atom stereocenters. The Bertz CT molecular complexity index is 294. The average Bonchev–Trinajstić information content (AvgIpc) is 2.59. The zero-order valence-electron chi connectivity index (χ0n) is 9.92. The van der Waals surface area contributed by atoms with Crippen molar-refractivity contribution >= 4 is 11.6 Å². The van der Waals surface area contributed by atoms with Crippen molar-refractivity contribution in [1.29, 1.82) is 0 Å². The quantitative estimate of drug-likeness (QED) is 0.517. The van der Waals surface area contributed by atoms with Crippen LogP contribution in [0.2, 0.25) is 0 Å². The van der Waals surface area contributed by atoms with Gasteiger partial charge in [0, 0.05) is 5.88 Å². The molecule has 1 aliphatic rings. The third-order valence-corrected chi connectivity index (χ3v) is 3.88. The molecule has 0 spiro atoms. The first-order valence-corrected chi connectivity index (χ1v) is 7.08. The Morgan fingerprint density at radius 1 is 0.938 bits per heavy atom. The van der Waals surface area contributed by atoms with E-state index in [2.05, 4.69) is 24.3 Å². The van der Waals surface area contributed by atoms with Crippen molar-refractivity contribution < 1.29 is 0 Å². The summed E-state index contributed by atoms with van der Waals surface area (Å²) in [6.45, 7) is 0. The summed E-state index contributed by atoms with van der Waals surface area (Å²) < 4.78 is 0. The summed E-state index contributed by atoms with van der Waals surface area (Å²) in [5, 5.41) is 0. The number of benzene rings is 1. The molecule has 0 radical (unpaired) electrons. The van der Waals surface area contributed by atoms with Gasteiger partial charge in [-0.25, -0.2) is 0 Å². The minimum atomic E-state index is 0.725. The normalized spacial score (nSPS) is 18.3. The van der Waals surface area contributed by atoms with Crippen molar-refractivity contribution in [3.63, 3.8) is 0 Å². The van der Waals surface area contributed by atoms with Gasteiger partial charge in [0.25, 0.3) is 0 Å². The summed E-state index contributed by atoms with van der Waals surface area (Å²) in [6, 6.07) is 9.14. The van der Waals surface area contributed by atoms with Crippen LogP contribution in [0.15, 0.2) is 24.3 Å². The molecule has 1 aliphatic carbocycles. The van der Waals surface area contributed by atoms with E-state index in [0.717, 1.165) is 18.2 Å². The Morgan fingerprint density at radius 3 is 2.12 bits per heavy atom. The SMILES string of the molecule is ClCCc1ccc(C2CCCCCC2)cc1. The zero-order chi connectivity index (χ0) is 11.2. The van der Waals surface area contributed by atoms with Gasteiger partial charge in [-0.05, 0) is 36.3 Å². The van der Waals surface area contributed by atoms with Gasteiger partial charge in [0.15, 0.2) is 0 Å². The average molecular weight is 237 g/mol. The zero-order valence-corrected chi connectivity index (χ0v) is 10.7. The first kappa shape index (κ1) is 12.0. The van der Waals surface area contributed by atoms with Gasteiger partial charge < -0.3 is 0 Å². The number of aryl methyl sites for hydroxylation is 1. The molecule has 16 heavy (non-hydrogen) atoms. The molecule has 2 rings (SSSR count). The van der Waals surface area contributed by atoms with Gasteiger partial charge in [-0.3, -0.25) is 0 Å². The predicted octanol–water partition coefficient (Wildman–Crippen LogP) is 4.91. The van der Waals surface area contributed by atoms with Crippen LogP contribution in [0.4, 0.5) is 0 Å². The summed E-state index contributed by atoms with van der Waals surface area (Å²) in [6.07, 6.45) is 9.44. The van der Waals surface area contributed by atoms with Crippen molar-refractivity contribution in [3.8, 4) is 0 Å². The molecule has 0 nitrogen and oxygen atoms in total. The van der Waals surface area contributed by atoms with Crippen LogP contribution in [-0.4, -0.2) is 5.88 Å². The molecule has 0 heterocycles. The summed E-state index contributed by atoms with van der Waals surface area (Å²) in [4.78, 5) is 0. The van der Waals surface area contributed by atoms with Crippen molar-refractivity contribution in [2.75, 3.05) is 5.88 Å². The highest BCUT2D eigenvalue weighted by Gasteiger charge is 2.13. The molecule has 1 heteroatoms. The molecular weight excluding hydrogens is 216 g/mol. The second kappa shape index (κ2) is 6.30. The lowest BCUT2D eigenvalue weighted by molar-refractivity contribution is 0.592. The Kier molecular flexibility index (Phi) is 4.71. The molecule has 0 aromatic heterocycles. The predicted molar refractivity (Wildman–Crippen MR) is 71.3 cm³/mol. The molecule has 1 fully saturated rings. The molecule has 0 aliphatic heterocycles. The first-order chi connectivity index (χ1) is 7.90. The molecule has 0 saturated heterocycles. The molecular formula is C15H21Cl. The van der Waals surface area contributed by atoms with Crippen LogP contribution in [0.3, 0.4) is 0 Å². The van der Waals surface area contributed by atoms with Crippen molar-refractivity contribution in [1.82, 2.24) is 0 Å². The summed E-state index contributed by atoms with van der Waals surface area (Å²) in [7, 11) is 0. The molecule has 1 saturated carbocycles. The third kappa shape index (κ3) is 3.25. The number of halogens is 1. The fourth-order valence-electron chi connectivity index (χ4n) is 2.68. The van der Waals surface area contributed by atoms with Crippen LogP contribution >= 0.6 is 11.6 Å². The topological polar surface area (TPSA) is 0 Å². The molecule has 1 aromatic carbocycles. The van der Waals surface area contributed by atoms with Gasteiger partial charge in [-0.15, -0.1) is 11.6 Å². The van der Waals surface area contributed by atoms with Crippen LogP contribution in [-0.2, 0) is 6.42 Å². The van der Waals surface area contributed by atoms with Gasteiger partial charge in [0.1, 0.15) is 0 Å². The van der Waals surface area contributed by atoms with Crippen molar-refractivity contribution in [2.45, 2.75) is 50.9 Å². The van der Waals surface area contributed by atoms with E-state index in [0.29, 0.717) is 0 Å². The van der Waals surface area contributed by atoms with Gasteiger partial charge in [-0.1, -0.05) is 49.9 Å². The van der Waals surface area contributed by atoms with Gasteiger partial charge in [-0.2, -0.15) is 0 Å². The smallest absolute Gasteiger partial charge is 0.0263 e. The fourth-order valence-corrected chi connectivity index (χ4v) is 2.90. The van der Waals surface area contributed by atoms with Crippen molar-refractivity contribution in [2.24, 2.45) is 0 Å². The number of hydrogen-bond acceptors (Lipinski definition) is 0. The Balaban J connectivity index is 2.01. The van der Waals surface area contributed by atoms with Crippen LogP contribution in [0, 0.1) is 0 Å². The van der Waals surface area contributed by atoms with E-state index >= 15 is 0 Å². The maximum atomic E-state index is 5.75. The van der Waals surface area contributed by atoms with E-state index in [4.69, 9.17) is 11.6 Å². The summed E-state index contributed by atoms with van der Waals surface area (Å²) in [5.74, 6) is 1.54. The molecule has 0 bridgehead atoms. The third-order valence-electron chi connectivity index (χ3n) is 3.69. The lowest BCUT2D eigenvalue weighted by Gasteiger charge is -2.14. The highest BCUT2D eigenvalue weighted by Crippen LogP contribution is 2.31. The van der Waals surface area contributed by atoms with Crippen LogP contribution in [0.25, 0.3) is 0 Å². The molecule has 0 N–H and O–H groups in total. The minimum absolute atomic E-state index is 0.725. The fraction of sp³-hybridized carbons (Fsp3) is 0.600. The number of alkyl halides is 1. The standard InChI is InChI=1S/C15H21Cl/c16-12-11-13-7-9-15(10-8-13)14-5-3-1-2-4-6-14/h7-10,14H,1-6,11-12H2. The lowest BCUT2D eigenvalue weighted by Crippen LogP contribution is -1.97. The minimum Gasteiger partial charge on any atom is -0.126 e. The van der Waals surface area contributed by atoms with Gasteiger partial charge in [0.2, 0.25) is 0 Å². The Hall–Kier alpha value is -0.490. The summed E-state index contributed by atoms with van der Waals surface area (Å²) >= 11 is 5.75. The van der Waals surface area contributed by atoms with E-state index < -0.39 is 0 Å². The Morgan fingerprint density at radius 2 is 1.56 bits per heavy atom. The Labute approximate surface area is 104 Å². The molecule has 0 amide bonds. The molecule has 88 valence electrons. The van der Waals surface area contributed by atoms with E-state index in [9.17, 15) is 0 Å². The second-order valence-electron chi connectivity index (χ2n) is 4.87. The number of rotatable bonds is 3. The maximum absolute atomic E-state index is 5.75. The van der Waals surface area contributed by atoms with E-state index in [1.54, 1.807) is 5.56 Å². The first-order valence-electron chi connectivity index (χ1n) is 6.55. The molecule has 0 unspecified atom stereocenters. The number of hydrogen-bond donors (Lipinski definition) is 0. The van der Waals surface area contributed by atoms with E-state index in [1.165, 1.54) is 44.1 Å². The van der Waals surface area contributed by atoms with Gasteiger partial charge >= 0.3 is 0 Å². The van der Waals surface area contributed by atoms with Crippen LogP contribution in [0.1, 0.15) is 55.6 Å². The van der Waals surface area contributed by atoms with Crippen molar-refractivity contribution in [3.05, 3.63) is 35.4 Å². The van der Waals surface area contributed by atoms with Crippen LogP contribution in [0.5, 0.6) is 0 Å². The van der Waals surface area contributed by atoms with Crippen LogP contribution < -0.4 is 0 Å². The van der Waals surface area contributed by atoms with E-state index in [-0.39, 0.29) is 0 Å². The van der Waals surface area contributed by atoms with Gasteiger partial charge in [0.05, 0.1) is 0 Å². The second-order valence-corrected chi connectivity index (χ2v) is 5.25. The lowest BCUT2D eigenvalue weighted by atomic mass is 9.91. The monoisotopic (exact) mass is 236 g/mol. The largest absolute Gasteiger partial charge is 0.126 e.